The van der Waals surface area contributed by atoms with Crippen molar-refractivity contribution in [3.05, 3.63) is 47.6 Å². The van der Waals surface area contributed by atoms with Gasteiger partial charge in [0.15, 0.2) is 18.0 Å². The van der Waals surface area contributed by atoms with Crippen molar-refractivity contribution in [2.75, 3.05) is 46.5 Å². The predicted molar refractivity (Wildman–Crippen MR) is 281 cm³/mol. The minimum atomic E-state index is -2.45. The van der Waals surface area contributed by atoms with E-state index in [0.717, 1.165) is 5.57 Å². The predicted octanol–water partition coefficient (Wildman–Crippen LogP) is 8.35. The summed E-state index contributed by atoms with van der Waals surface area (Å²) in [6, 6.07) is -1.17. The molecule has 412 valence electrons. The lowest BCUT2D eigenvalue weighted by Crippen LogP contribution is -2.61. The van der Waals surface area contributed by atoms with Gasteiger partial charge in [0.25, 0.3) is 11.7 Å². The van der Waals surface area contributed by atoms with Crippen LogP contribution in [0.4, 0.5) is 4.79 Å². The number of Topliss-reactive ketones (excluding diaryl/α,β-unsaturated/α-hetero) is 3. The molecule has 16 nitrogen and oxygen atoms in total. The van der Waals surface area contributed by atoms with E-state index < -0.39 is 90.0 Å². The van der Waals surface area contributed by atoms with Crippen LogP contribution in [-0.4, -0.2) is 152 Å². The molecule has 0 radical (unpaired) electrons. The third-order valence-electron chi connectivity index (χ3n) is 15.2. The number of aliphatic hydroxyl groups is 2. The fourth-order valence-corrected chi connectivity index (χ4v) is 11.7. The Kier molecular flexibility index (Phi) is 25.9. The van der Waals surface area contributed by atoms with Crippen LogP contribution in [0.15, 0.2) is 47.6 Å². The van der Waals surface area contributed by atoms with Gasteiger partial charge in [0.2, 0.25) is 5.79 Å². The highest BCUT2D eigenvalue weighted by atomic mass is 33.1. The van der Waals surface area contributed by atoms with Gasteiger partial charge in [0.05, 0.1) is 24.4 Å². The van der Waals surface area contributed by atoms with E-state index in [1.165, 1.54) is 33.6 Å². The first-order valence-electron chi connectivity index (χ1n) is 26.2. The molecule has 18 heteroatoms. The summed E-state index contributed by atoms with van der Waals surface area (Å²) in [5.41, 5.74) is 1.24. The monoisotopic (exact) mass is 1060 g/mol. The average Bonchev–Trinajstić information content (AvgIpc) is 3.36. The summed E-state index contributed by atoms with van der Waals surface area (Å²) in [5.74, 6) is -7.96. The number of fused-ring (bicyclic) bond motifs is 3. The second kappa shape index (κ2) is 30.4. The Morgan fingerprint density at radius 3 is 2.32 bits per heavy atom. The van der Waals surface area contributed by atoms with Crippen molar-refractivity contribution in [1.82, 2.24) is 4.90 Å². The number of hydrogen-bond acceptors (Lipinski definition) is 17. The molecule has 1 aliphatic carbocycles. The van der Waals surface area contributed by atoms with Crippen LogP contribution < -0.4 is 0 Å². The molecule has 3 aliphatic heterocycles. The number of carbonyl (C=O) groups is 6. The largest absolute Gasteiger partial charge is 0.509 e. The van der Waals surface area contributed by atoms with Gasteiger partial charge in [-0.1, -0.05) is 92.7 Å². The van der Waals surface area contributed by atoms with E-state index in [0.29, 0.717) is 75.5 Å². The molecule has 0 aromatic rings. The lowest BCUT2D eigenvalue weighted by atomic mass is 9.78. The standard InChI is InChI=1S/C55H85NO15S2/c1-33-17-13-12-14-18-34(2)45(65-8)31-41-22-20-39(7)55(64,71-41)51(60)52(61)56-24-16-15-19-42(56)53(62)69-46(36(4)29-40-21-23-43(57)47(30-40)66-9)32-44(58)35(3)28-38(6)49(50(67-10)48(59)37(5)27-33)70-54(63)68-25-26-73-72-11/h12-14,17-18,28,33,35-37,39-43,45-47,49-50,57,64H,15-16,19-27,29-32H2,1-11H3/b14-12+,17-13+,34-18+,38-28+/t33-,35-,36-,37-,39-,40+,41+,42+,43-,45+,46+,47-,49-,50+,55-/m1/s1. The lowest BCUT2D eigenvalue weighted by molar-refractivity contribution is -0.265. The number of aliphatic hydroxyl groups excluding tert-OH is 1. The van der Waals surface area contributed by atoms with Gasteiger partial charge < -0.3 is 48.3 Å². The second-order valence-corrected chi connectivity index (χ2v) is 23.5. The molecule has 3 heterocycles. The highest BCUT2D eigenvalue weighted by molar-refractivity contribution is 8.76. The van der Waals surface area contributed by atoms with Crippen LogP contribution >= 0.6 is 21.6 Å². The van der Waals surface area contributed by atoms with E-state index in [-0.39, 0.29) is 61.4 Å². The minimum absolute atomic E-state index is 0.0445. The van der Waals surface area contributed by atoms with Gasteiger partial charge >= 0.3 is 12.1 Å². The van der Waals surface area contributed by atoms with Gasteiger partial charge in [0.1, 0.15) is 24.5 Å². The number of carbonyl (C=O) groups excluding carboxylic acids is 6. The first-order chi connectivity index (χ1) is 34.7. The molecule has 3 fully saturated rings. The fraction of sp³-hybridized carbons (Fsp3) is 0.745. The van der Waals surface area contributed by atoms with E-state index in [9.17, 15) is 39.0 Å². The zero-order valence-electron chi connectivity index (χ0n) is 45.1. The number of methoxy groups -OCH3 is 3. The topological polar surface area (TPSA) is 211 Å². The number of piperidine rings is 1. The first kappa shape index (κ1) is 62.2. The maximum absolute atomic E-state index is 14.5. The Morgan fingerprint density at radius 1 is 0.890 bits per heavy atom. The number of ketones is 3. The van der Waals surface area contributed by atoms with E-state index in [1.807, 2.05) is 57.4 Å². The molecule has 2 bridgehead atoms. The summed E-state index contributed by atoms with van der Waals surface area (Å²) >= 11 is 0. The highest BCUT2D eigenvalue weighted by Gasteiger charge is 2.53. The van der Waals surface area contributed by atoms with Crippen LogP contribution in [0, 0.1) is 35.5 Å². The molecule has 0 aromatic heterocycles. The van der Waals surface area contributed by atoms with Crippen molar-refractivity contribution in [3.8, 4) is 0 Å². The van der Waals surface area contributed by atoms with Crippen LogP contribution in [0.25, 0.3) is 0 Å². The van der Waals surface area contributed by atoms with Gasteiger partial charge in [-0.25, -0.2) is 9.59 Å². The number of rotatable bonds is 11. The molecule has 15 atom stereocenters. The van der Waals surface area contributed by atoms with E-state index in [1.54, 1.807) is 48.0 Å². The van der Waals surface area contributed by atoms with Crippen LogP contribution in [0.3, 0.4) is 0 Å². The van der Waals surface area contributed by atoms with Crippen molar-refractivity contribution >= 4 is 57.0 Å². The second-order valence-electron chi connectivity index (χ2n) is 20.8. The molecule has 0 spiro atoms. The highest BCUT2D eigenvalue weighted by Crippen LogP contribution is 2.38. The van der Waals surface area contributed by atoms with Crippen molar-refractivity contribution in [1.29, 1.82) is 0 Å². The lowest BCUT2D eigenvalue weighted by Gasteiger charge is -2.42. The Labute approximate surface area is 441 Å². The van der Waals surface area contributed by atoms with Crippen molar-refractivity contribution < 1.29 is 72.1 Å². The summed E-state index contributed by atoms with van der Waals surface area (Å²) in [5, 5.41) is 22.6. The van der Waals surface area contributed by atoms with E-state index in [2.05, 4.69) is 0 Å². The molecule has 4 aliphatic rings. The molecule has 73 heavy (non-hydrogen) atoms. The summed E-state index contributed by atoms with van der Waals surface area (Å²) in [4.78, 5) is 86.4. The summed E-state index contributed by atoms with van der Waals surface area (Å²) in [6.07, 6.45) is 11.6. The minimum Gasteiger partial charge on any atom is -0.460 e. The van der Waals surface area contributed by atoms with Crippen molar-refractivity contribution in [3.63, 3.8) is 0 Å². The molecule has 0 aromatic carbocycles. The number of ether oxygens (including phenoxy) is 7. The van der Waals surface area contributed by atoms with Gasteiger partial charge in [-0.05, 0) is 113 Å². The van der Waals surface area contributed by atoms with Gasteiger partial charge in [0, 0.05) is 64.2 Å². The quantitative estimate of drug-likeness (QED) is 0.0654. The average molecular weight is 1060 g/mol. The summed E-state index contributed by atoms with van der Waals surface area (Å²) in [6.45, 7) is 12.7. The number of nitrogens with zero attached hydrogens (tertiary/aromatic N) is 1. The van der Waals surface area contributed by atoms with Gasteiger partial charge in [-0.2, -0.15) is 0 Å². The molecular weight excluding hydrogens is 979 g/mol. The number of allylic oxidation sites excluding steroid dienone is 6. The van der Waals surface area contributed by atoms with Crippen LogP contribution in [0.5, 0.6) is 0 Å². The molecule has 0 unspecified atom stereocenters. The van der Waals surface area contributed by atoms with Crippen LogP contribution in [-0.2, 0) is 57.1 Å². The third kappa shape index (κ3) is 17.9. The first-order valence-corrected chi connectivity index (χ1v) is 28.9. The van der Waals surface area contributed by atoms with Gasteiger partial charge in [-0.3, -0.25) is 19.2 Å². The molecule has 1 amide bonds. The Hall–Kier alpha value is -3.36. The Bertz CT molecular complexity index is 1970. The van der Waals surface area contributed by atoms with Crippen molar-refractivity contribution in [2.45, 2.75) is 180 Å². The summed E-state index contributed by atoms with van der Waals surface area (Å²) in [7, 11) is 7.54. The number of esters is 1. The fourth-order valence-electron chi connectivity index (χ4n) is 10.6. The number of hydrogen-bond donors (Lipinski definition) is 2. The van der Waals surface area contributed by atoms with E-state index >= 15 is 0 Å². The number of cyclic esters (lactones) is 1. The molecular formula is C55H85NO15S2. The summed E-state index contributed by atoms with van der Waals surface area (Å²) < 4.78 is 41.0. The molecule has 2 saturated heterocycles. The van der Waals surface area contributed by atoms with Crippen molar-refractivity contribution in [2.24, 2.45) is 35.5 Å². The molecule has 4 rings (SSSR count). The zero-order chi connectivity index (χ0) is 54.0. The molecule has 2 N–H and O–H groups in total. The maximum atomic E-state index is 14.5. The SMILES string of the molecule is CO[C@H]1C[C@@H]2CC[C@@H](C)[C@@](O)(O2)C(=O)C(=O)N2CCCC[C@H]2C(=O)O[C@H]([C@H](C)C[C@@H]2CC[C@@H](O)[C@H](OC)C2)CC(=O)[C@H](C)/C=C(\C)[C@@H](OC(=O)OCCSSC)[C@@H](OC)C(=O)[C@H](C)C[C@H](C)/C=C/C=C/C=C/1C. The third-order valence-corrected chi connectivity index (χ3v) is 17.0. The zero-order valence-corrected chi connectivity index (χ0v) is 46.8. The molecule has 1 saturated carbocycles. The smallest absolute Gasteiger partial charge is 0.460 e. The maximum Gasteiger partial charge on any atom is 0.509 e. The Balaban J connectivity index is 1.76. The van der Waals surface area contributed by atoms with Gasteiger partial charge in [-0.15, -0.1) is 0 Å². The number of amides is 1. The Morgan fingerprint density at radius 2 is 1.63 bits per heavy atom. The van der Waals surface area contributed by atoms with Crippen LogP contribution in [0.1, 0.15) is 126 Å². The van der Waals surface area contributed by atoms with E-state index in [4.69, 9.17) is 33.2 Å². The normalized spacial score (nSPS) is 37.1. The van der Waals surface area contributed by atoms with Crippen LogP contribution in [0.2, 0.25) is 0 Å².